The summed E-state index contributed by atoms with van der Waals surface area (Å²) in [5, 5.41) is 11.5. The standard InChI is InChI=1S/C17H21N5O2/c1-24-17(23)15-11-22(20-19-15)14-6-8-21(10-14)9-13-4-2-3-12-5-7-18-16(12)13/h2-4,11,14,18H,5-10H2,1H3. The first-order valence-corrected chi connectivity index (χ1v) is 8.32. The van der Waals surface area contributed by atoms with Gasteiger partial charge in [0.05, 0.1) is 19.3 Å². The number of hydrogen-bond donors (Lipinski definition) is 1. The first-order chi connectivity index (χ1) is 11.7. The van der Waals surface area contributed by atoms with Crippen molar-refractivity contribution in [2.75, 3.05) is 32.1 Å². The molecule has 126 valence electrons. The van der Waals surface area contributed by atoms with Gasteiger partial charge >= 0.3 is 5.97 Å². The summed E-state index contributed by atoms with van der Waals surface area (Å²) in [6.07, 6.45) is 3.80. The van der Waals surface area contributed by atoms with Gasteiger partial charge in [-0.1, -0.05) is 23.4 Å². The first kappa shape index (κ1) is 15.1. The number of carbonyl (C=O) groups excluding carboxylic acids is 1. The second-order valence-corrected chi connectivity index (χ2v) is 6.38. The van der Waals surface area contributed by atoms with Crippen LogP contribution in [0.25, 0.3) is 0 Å². The molecule has 7 nitrogen and oxygen atoms in total. The second-order valence-electron chi connectivity index (χ2n) is 6.38. The lowest BCUT2D eigenvalue weighted by Crippen LogP contribution is -2.22. The Morgan fingerprint density at radius 3 is 3.25 bits per heavy atom. The van der Waals surface area contributed by atoms with Gasteiger partial charge in [-0.05, 0) is 24.0 Å². The number of esters is 1. The van der Waals surface area contributed by atoms with Gasteiger partial charge in [-0.15, -0.1) is 5.10 Å². The van der Waals surface area contributed by atoms with Crippen molar-refractivity contribution in [3.63, 3.8) is 0 Å². The Hall–Kier alpha value is -2.41. The van der Waals surface area contributed by atoms with E-state index in [-0.39, 0.29) is 11.7 Å². The quantitative estimate of drug-likeness (QED) is 0.858. The second kappa shape index (κ2) is 6.24. The van der Waals surface area contributed by atoms with Crippen molar-refractivity contribution < 1.29 is 9.53 Å². The van der Waals surface area contributed by atoms with Gasteiger partial charge in [0, 0.05) is 31.9 Å². The van der Waals surface area contributed by atoms with Crippen molar-refractivity contribution in [3.05, 3.63) is 41.2 Å². The van der Waals surface area contributed by atoms with E-state index in [0.29, 0.717) is 0 Å². The van der Waals surface area contributed by atoms with Crippen LogP contribution < -0.4 is 5.32 Å². The molecule has 2 aliphatic rings. The third-order valence-electron chi connectivity index (χ3n) is 4.85. The maximum atomic E-state index is 11.5. The number of aromatic nitrogens is 3. The van der Waals surface area contributed by atoms with Crippen LogP contribution >= 0.6 is 0 Å². The molecule has 1 saturated heterocycles. The fraction of sp³-hybridized carbons (Fsp3) is 0.471. The largest absolute Gasteiger partial charge is 0.464 e. The topological polar surface area (TPSA) is 72.3 Å². The predicted molar refractivity (Wildman–Crippen MR) is 88.9 cm³/mol. The Labute approximate surface area is 140 Å². The van der Waals surface area contributed by atoms with Crippen molar-refractivity contribution in [2.45, 2.75) is 25.4 Å². The van der Waals surface area contributed by atoms with Crippen molar-refractivity contribution in [1.29, 1.82) is 0 Å². The average Bonchev–Trinajstić information content (AvgIpc) is 3.33. The highest BCUT2D eigenvalue weighted by atomic mass is 16.5. The van der Waals surface area contributed by atoms with Crippen LogP contribution in [0.2, 0.25) is 0 Å². The van der Waals surface area contributed by atoms with Crippen LogP contribution in [0.5, 0.6) is 0 Å². The lowest BCUT2D eigenvalue weighted by atomic mass is 10.1. The molecular formula is C17H21N5O2. The molecule has 7 heteroatoms. The van der Waals surface area contributed by atoms with Gasteiger partial charge in [-0.2, -0.15) is 0 Å². The zero-order valence-electron chi connectivity index (χ0n) is 13.7. The number of nitrogens with zero attached hydrogens (tertiary/aromatic N) is 4. The molecule has 2 aromatic rings. The number of rotatable bonds is 4. The smallest absolute Gasteiger partial charge is 0.360 e. The molecule has 24 heavy (non-hydrogen) atoms. The average molecular weight is 327 g/mol. The predicted octanol–water partition coefficient (Wildman–Crippen LogP) is 1.48. The van der Waals surface area contributed by atoms with Crippen LogP contribution in [0.4, 0.5) is 5.69 Å². The molecule has 4 rings (SSSR count). The third kappa shape index (κ3) is 2.75. The molecule has 0 bridgehead atoms. The van der Waals surface area contributed by atoms with Crippen LogP contribution in [0, 0.1) is 0 Å². The molecule has 1 aromatic carbocycles. The molecule has 0 radical (unpaired) electrons. The summed E-state index contributed by atoms with van der Waals surface area (Å²) in [5.41, 5.74) is 4.36. The van der Waals surface area contributed by atoms with Gasteiger partial charge in [-0.3, -0.25) is 4.90 Å². The molecule has 0 spiro atoms. The number of methoxy groups -OCH3 is 1. The van der Waals surface area contributed by atoms with E-state index in [1.54, 1.807) is 10.9 Å². The first-order valence-electron chi connectivity index (χ1n) is 8.32. The van der Waals surface area contributed by atoms with Crippen LogP contribution in [0.3, 0.4) is 0 Å². The summed E-state index contributed by atoms with van der Waals surface area (Å²) >= 11 is 0. The van der Waals surface area contributed by atoms with Gasteiger partial charge in [0.25, 0.3) is 0 Å². The van der Waals surface area contributed by atoms with Gasteiger partial charge in [0.2, 0.25) is 0 Å². The van der Waals surface area contributed by atoms with Crippen molar-refractivity contribution in [1.82, 2.24) is 19.9 Å². The molecule has 0 saturated carbocycles. The lowest BCUT2D eigenvalue weighted by molar-refractivity contribution is 0.0594. The van der Waals surface area contributed by atoms with E-state index in [1.807, 2.05) is 0 Å². The number of fused-ring (bicyclic) bond motifs is 1. The molecular weight excluding hydrogens is 306 g/mol. The Morgan fingerprint density at radius 1 is 1.46 bits per heavy atom. The number of ether oxygens (including phenoxy) is 1. The fourth-order valence-corrected chi connectivity index (χ4v) is 3.61. The zero-order chi connectivity index (χ0) is 16.5. The number of hydrogen-bond acceptors (Lipinski definition) is 6. The Balaban J connectivity index is 1.43. The van der Waals surface area contributed by atoms with Crippen molar-refractivity contribution in [3.8, 4) is 0 Å². The molecule has 3 heterocycles. The highest BCUT2D eigenvalue weighted by molar-refractivity contribution is 5.86. The van der Waals surface area contributed by atoms with Crippen LogP contribution in [0.1, 0.15) is 34.1 Å². The molecule has 1 atom stereocenters. The number of benzene rings is 1. The molecule has 1 N–H and O–H groups in total. The summed E-state index contributed by atoms with van der Waals surface area (Å²) in [6, 6.07) is 6.81. The number of nitrogens with one attached hydrogen (secondary N) is 1. The number of para-hydroxylation sites is 1. The highest BCUT2D eigenvalue weighted by Crippen LogP contribution is 2.29. The molecule has 1 aromatic heterocycles. The summed E-state index contributed by atoms with van der Waals surface area (Å²) in [7, 11) is 1.35. The van der Waals surface area contributed by atoms with E-state index in [1.165, 1.54) is 23.9 Å². The van der Waals surface area contributed by atoms with E-state index in [2.05, 4.69) is 43.5 Å². The Morgan fingerprint density at radius 2 is 2.38 bits per heavy atom. The number of anilines is 1. The van der Waals surface area contributed by atoms with Gasteiger partial charge in [0.1, 0.15) is 0 Å². The number of likely N-dealkylation sites (tertiary alicyclic amines) is 1. The highest BCUT2D eigenvalue weighted by Gasteiger charge is 2.27. The lowest BCUT2D eigenvalue weighted by Gasteiger charge is -2.18. The Kier molecular flexibility index (Phi) is 3.93. The molecule has 1 fully saturated rings. The molecule has 1 unspecified atom stereocenters. The summed E-state index contributed by atoms with van der Waals surface area (Å²) in [4.78, 5) is 13.9. The maximum absolute atomic E-state index is 11.5. The van der Waals surface area contributed by atoms with Crippen molar-refractivity contribution in [2.24, 2.45) is 0 Å². The van der Waals surface area contributed by atoms with Crippen molar-refractivity contribution >= 4 is 11.7 Å². The minimum atomic E-state index is -0.443. The van der Waals surface area contributed by atoms with E-state index in [0.717, 1.165) is 39.0 Å². The number of carbonyl (C=O) groups is 1. The monoisotopic (exact) mass is 327 g/mol. The minimum Gasteiger partial charge on any atom is -0.464 e. The molecule has 0 aliphatic carbocycles. The summed E-state index contributed by atoms with van der Waals surface area (Å²) in [6.45, 7) is 3.89. The summed E-state index contributed by atoms with van der Waals surface area (Å²) < 4.78 is 6.47. The van der Waals surface area contributed by atoms with E-state index in [9.17, 15) is 4.79 Å². The SMILES string of the molecule is COC(=O)c1cn(C2CCN(Cc3cccc4c3NCC4)C2)nn1. The molecule has 0 amide bonds. The fourth-order valence-electron chi connectivity index (χ4n) is 3.61. The minimum absolute atomic E-state index is 0.251. The van der Waals surface area contributed by atoms with E-state index < -0.39 is 5.97 Å². The van der Waals surface area contributed by atoms with Crippen LogP contribution in [-0.2, 0) is 17.7 Å². The third-order valence-corrected chi connectivity index (χ3v) is 4.85. The maximum Gasteiger partial charge on any atom is 0.360 e. The van der Waals surface area contributed by atoms with E-state index >= 15 is 0 Å². The van der Waals surface area contributed by atoms with Gasteiger partial charge in [-0.25, -0.2) is 9.48 Å². The Bertz CT molecular complexity index is 757. The normalized spacial score (nSPS) is 20.0. The van der Waals surface area contributed by atoms with E-state index in [4.69, 9.17) is 0 Å². The van der Waals surface area contributed by atoms with Gasteiger partial charge < -0.3 is 10.1 Å². The van der Waals surface area contributed by atoms with Gasteiger partial charge in [0.15, 0.2) is 5.69 Å². The zero-order valence-corrected chi connectivity index (χ0v) is 13.7. The molecule has 2 aliphatic heterocycles. The summed E-state index contributed by atoms with van der Waals surface area (Å²) in [5.74, 6) is -0.443. The van der Waals surface area contributed by atoms with Crippen LogP contribution in [-0.4, -0.2) is 52.6 Å². The van der Waals surface area contributed by atoms with Crippen LogP contribution in [0.15, 0.2) is 24.4 Å².